The smallest absolute Gasteiger partial charge is 0.387 e. The Morgan fingerprint density at radius 2 is 1.45 bits per heavy atom. The molecule has 0 spiro atoms. The summed E-state index contributed by atoms with van der Waals surface area (Å²) in [5.41, 5.74) is 0.931. The summed E-state index contributed by atoms with van der Waals surface area (Å²) >= 11 is 0. The van der Waals surface area contributed by atoms with Crippen LogP contribution in [0.25, 0.3) is 0 Å². The lowest BCUT2D eigenvalue weighted by atomic mass is 9.68. The molecule has 0 unspecified atom stereocenters. The van der Waals surface area contributed by atoms with Crippen molar-refractivity contribution >= 4 is 0 Å². The van der Waals surface area contributed by atoms with Gasteiger partial charge in [0.1, 0.15) is 0 Å². The number of halogens is 3. The Morgan fingerprint density at radius 3 is 2.06 bits per heavy atom. The largest absolute Gasteiger partial charge is 0.432 e. The SMILES string of the molecule is CCCCCCCC[C@H]1CC[C@H]([C@H]2CC[C@H](c3ccc(OC(F)F)c(F)c3)CC2)CC1. The molecule has 0 amide bonds. The van der Waals surface area contributed by atoms with E-state index in [-0.39, 0.29) is 5.75 Å². The fraction of sp³-hybridized carbons (Fsp3) is 0.778. The van der Waals surface area contributed by atoms with Crippen molar-refractivity contribution in [1.82, 2.24) is 0 Å². The highest BCUT2D eigenvalue weighted by Crippen LogP contribution is 2.45. The maximum atomic E-state index is 14.1. The van der Waals surface area contributed by atoms with Crippen LogP contribution in [0.15, 0.2) is 18.2 Å². The average Bonchev–Trinajstić information content (AvgIpc) is 2.78. The molecule has 1 aromatic carbocycles. The number of hydrogen-bond acceptors (Lipinski definition) is 1. The molecule has 0 saturated heterocycles. The van der Waals surface area contributed by atoms with E-state index in [1.807, 2.05) is 0 Å². The van der Waals surface area contributed by atoms with Gasteiger partial charge >= 0.3 is 6.61 Å². The molecule has 31 heavy (non-hydrogen) atoms. The van der Waals surface area contributed by atoms with E-state index in [0.29, 0.717) is 5.92 Å². The summed E-state index contributed by atoms with van der Waals surface area (Å²) in [4.78, 5) is 0. The summed E-state index contributed by atoms with van der Waals surface area (Å²) in [5, 5.41) is 0. The first-order chi connectivity index (χ1) is 15.1. The standard InChI is InChI=1S/C27H41F3O/c1-2-3-4-5-6-7-8-20-9-11-21(12-10-20)22-13-15-23(16-14-22)24-17-18-26(25(28)19-24)31-27(29)30/h17-23,27H,2-16H2,1H3/t20-,21-,22-,23-. The van der Waals surface area contributed by atoms with E-state index in [1.165, 1.54) is 95.6 Å². The Bertz CT molecular complexity index is 631. The molecular weight excluding hydrogens is 397 g/mol. The molecule has 0 aromatic heterocycles. The highest BCUT2D eigenvalue weighted by Gasteiger charge is 2.31. The van der Waals surface area contributed by atoms with Crippen molar-refractivity contribution in [2.45, 2.75) is 116 Å². The van der Waals surface area contributed by atoms with Gasteiger partial charge < -0.3 is 4.74 Å². The van der Waals surface area contributed by atoms with Crippen molar-refractivity contribution in [3.8, 4) is 5.75 Å². The topological polar surface area (TPSA) is 9.23 Å². The van der Waals surface area contributed by atoms with Crippen molar-refractivity contribution in [2.75, 3.05) is 0 Å². The van der Waals surface area contributed by atoms with E-state index in [9.17, 15) is 13.2 Å². The van der Waals surface area contributed by atoms with Gasteiger partial charge in [-0.2, -0.15) is 8.78 Å². The number of benzene rings is 1. The van der Waals surface area contributed by atoms with Crippen LogP contribution in [-0.2, 0) is 0 Å². The molecule has 3 rings (SSSR count). The highest BCUT2D eigenvalue weighted by molar-refractivity contribution is 5.31. The van der Waals surface area contributed by atoms with Gasteiger partial charge in [0, 0.05) is 0 Å². The normalized spacial score (nSPS) is 26.9. The van der Waals surface area contributed by atoms with Crippen molar-refractivity contribution in [2.24, 2.45) is 17.8 Å². The molecule has 1 aromatic rings. The lowest BCUT2D eigenvalue weighted by molar-refractivity contribution is -0.0522. The highest BCUT2D eigenvalue weighted by atomic mass is 19.3. The molecule has 176 valence electrons. The molecule has 2 aliphatic carbocycles. The molecule has 0 atom stereocenters. The Labute approximate surface area is 187 Å². The Kier molecular flexibility index (Phi) is 10.1. The van der Waals surface area contributed by atoms with Crippen LogP contribution in [0.5, 0.6) is 5.75 Å². The van der Waals surface area contributed by atoms with Gasteiger partial charge in [-0.25, -0.2) is 4.39 Å². The predicted octanol–water partition coefficient (Wildman–Crippen LogP) is 9.26. The fourth-order valence-corrected chi connectivity index (χ4v) is 6.05. The van der Waals surface area contributed by atoms with Crippen LogP contribution in [0.4, 0.5) is 13.2 Å². The van der Waals surface area contributed by atoms with E-state index in [0.717, 1.165) is 36.2 Å². The predicted molar refractivity (Wildman–Crippen MR) is 121 cm³/mol. The molecule has 0 aliphatic heterocycles. The van der Waals surface area contributed by atoms with E-state index in [1.54, 1.807) is 6.07 Å². The van der Waals surface area contributed by atoms with Crippen LogP contribution >= 0.6 is 0 Å². The minimum atomic E-state index is -2.99. The van der Waals surface area contributed by atoms with Crippen LogP contribution < -0.4 is 4.74 Å². The number of rotatable bonds is 11. The second-order valence-corrected chi connectivity index (χ2v) is 10.0. The van der Waals surface area contributed by atoms with Gasteiger partial charge in [-0.05, 0) is 79.9 Å². The Balaban J connectivity index is 1.35. The quantitative estimate of drug-likeness (QED) is 0.313. The summed E-state index contributed by atoms with van der Waals surface area (Å²) in [5.74, 6) is 1.96. The van der Waals surface area contributed by atoms with Gasteiger partial charge in [0.25, 0.3) is 0 Å². The summed E-state index contributed by atoms with van der Waals surface area (Å²) < 4.78 is 43.0. The number of unbranched alkanes of at least 4 members (excludes halogenated alkanes) is 5. The minimum Gasteiger partial charge on any atom is -0.432 e. The van der Waals surface area contributed by atoms with Crippen LogP contribution in [0.2, 0.25) is 0 Å². The van der Waals surface area contributed by atoms with Crippen molar-refractivity contribution in [1.29, 1.82) is 0 Å². The van der Waals surface area contributed by atoms with E-state index < -0.39 is 12.4 Å². The molecule has 4 heteroatoms. The number of hydrogen-bond donors (Lipinski definition) is 0. The average molecular weight is 439 g/mol. The Hall–Kier alpha value is -1.19. The maximum absolute atomic E-state index is 14.1. The lowest BCUT2D eigenvalue weighted by Gasteiger charge is -2.38. The first-order valence-corrected chi connectivity index (χ1v) is 12.8. The van der Waals surface area contributed by atoms with Gasteiger partial charge in [0.15, 0.2) is 11.6 Å². The summed E-state index contributed by atoms with van der Waals surface area (Å²) in [6, 6.07) is 4.52. The van der Waals surface area contributed by atoms with Crippen molar-refractivity contribution in [3.05, 3.63) is 29.6 Å². The molecule has 2 aliphatic rings. The first kappa shape index (κ1) is 24.5. The third kappa shape index (κ3) is 7.71. The van der Waals surface area contributed by atoms with E-state index in [4.69, 9.17) is 0 Å². The Morgan fingerprint density at radius 1 is 0.839 bits per heavy atom. The first-order valence-electron chi connectivity index (χ1n) is 12.8. The monoisotopic (exact) mass is 438 g/mol. The van der Waals surface area contributed by atoms with E-state index >= 15 is 0 Å². The van der Waals surface area contributed by atoms with Crippen molar-refractivity contribution in [3.63, 3.8) is 0 Å². The molecule has 1 nitrogen and oxygen atoms in total. The molecular formula is C27H41F3O. The third-order valence-corrected chi connectivity index (χ3v) is 7.94. The second-order valence-electron chi connectivity index (χ2n) is 10.0. The zero-order valence-corrected chi connectivity index (χ0v) is 19.3. The third-order valence-electron chi connectivity index (χ3n) is 7.94. The van der Waals surface area contributed by atoms with Crippen LogP contribution in [0.1, 0.15) is 115 Å². The molecule has 2 fully saturated rings. The molecule has 0 bridgehead atoms. The van der Waals surface area contributed by atoms with Crippen LogP contribution in [0, 0.1) is 23.6 Å². The molecule has 0 radical (unpaired) electrons. The summed E-state index contributed by atoms with van der Waals surface area (Å²) in [6.07, 6.45) is 20.0. The van der Waals surface area contributed by atoms with Gasteiger partial charge in [-0.3, -0.25) is 0 Å². The van der Waals surface area contributed by atoms with Gasteiger partial charge in [0.2, 0.25) is 0 Å². The minimum absolute atomic E-state index is 0.343. The van der Waals surface area contributed by atoms with Crippen LogP contribution in [-0.4, -0.2) is 6.61 Å². The number of ether oxygens (including phenoxy) is 1. The summed E-state index contributed by atoms with van der Waals surface area (Å²) in [7, 11) is 0. The number of alkyl halides is 2. The zero-order chi connectivity index (χ0) is 22.1. The molecule has 0 N–H and O–H groups in total. The summed E-state index contributed by atoms with van der Waals surface area (Å²) in [6.45, 7) is -0.715. The molecule has 0 heterocycles. The van der Waals surface area contributed by atoms with Gasteiger partial charge in [0.05, 0.1) is 0 Å². The van der Waals surface area contributed by atoms with Gasteiger partial charge in [-0.15, -0.1) is 0 Å². The lowest BCUT2D eigenvalue weighted by Crippen LogP contribution is -2.25. The van der Waals surface area contributed by atoms with Crippen molar-refractivity contribution < 1.29 is 17.9 Å². The van der Waals surface area contributed by atoms with Gasteiger partial charge in [-0.1, -0.05) is 70.8 Å². The molecule has 2 saturated carbocycles. The van der Waals surface area contributed by atoms with E-state index in [2.05, 4.69) is 11.7 Å². The maximum Gasteiger partial charge on any atom is 0.387 e. The van der Waals surface area contributed by atoms with Crippen LogP contribution in [0.3, 0.4) is 0 Å². The second kappa shape index (κ2) is 12.7. The fourth-order valence-electron chi connectivity index (χ4n) is 6.05. The zero-order valence-electron chi connectivity index (χ0n) is 19.3.